The second-order valence-electron chi connectivity index (χ2n) is 3.26. The molecule has 3 nitrogen and oxygen atoms in total. The van der Waals surface area contributed by atoms with Gasteiger partial charge >= 0.3 is 6.03 Å². The molecule has 1 aromatic heterocycles. The number of thiophene rings is 1. The van der Waals surface area contributed by atoms with E-state index in [0.29, 0.717) is 6.54 Å². The molecule has 0 spiro atoms. The molecule has 2 amide bonds. The summed E-state index contributed by atoms with van der Waals surface area (Å²) >= 11 is 5.03. The highest BCUT2D eigenvalue weighted by Gasteiger charge is 2.11. The fourth-order valence-electron chi connectivity index (χ4n) is 1.08. The van der Waals surface area contributed by atoms with Gasteiger partial charge in [-0.1, -0.05) is 0 Å². The molecule has 1 aromatic rings. The summed E-state index contributed by atoms with van der Waals surface area (Å²) < 4.78 is 1.07. The second-order valence-corrected chi connectivity index (χ2v) is 5.18. The van der Waals surface area contributed by atoms with Gasteiger partial charge in [-0.05, 0) is 22.0 Å². The topological polar surface area (TPSA) is 23.6 Å². The molecule has 14 heavy (non-hydrogen) atoms. The van der Waals surface area contributed by atoms with E-state index in [0.717, 1.165) is 4.47 Å². The van der Waals surface area contributed by atoms with Gasteiger partial charge in [-0.2, -0.15) is 0 Å². The molecule has 0 fully saturated rings. The predicted molar refractivity (Wildman–Crippen MR) is 62.6 cm³/mol. The lowest BCUT2D eigenvalue weighted by Gasteiger charge is -2.20. The van der Waals surface area contributed by atoms with Crippen LogP contribution in [0.2, 0.25) is 0 Å². The average Bonchev–Trinajstić information content (AvgIpc) is 2.49. The van der Waals surface area contributed by atoms with Gasteiger partial charge < -0.3 is 9.80 Å². The minimum Gasteiger partial charge on any atom is -0.331 e. The van der Waals surface area contributed by atoms with E-state index in [1.807, 2.05) is 11.4 Å². The number of carbonyl (C=O) groups is 1. The number of hydrogen-bond donors (Lipinski definition) is 0. The molecule has 0 aliphatic rings. The molecule has 0 N–H and O–H groups in total. The van der Waals surface area contributed by atoms with Crippen LogP contribution in [0.5, 0.6) is 0 Å². The molecule has 5 heteroatoms. The lowest BCUT2D eigenvalue weighted by Crippen LogP contribution is -2.35. The first-order chi connectivity index (χ1) is 6.50. The Hall–Kier alpha value is -0.550. The molecule has 0 atom stereocenters. The van der Waals surface area contributed by atoms with Gasteiger partial charge in [0.25, 0.3) is 0 Å². The van der Waals surface area contributed by atoms with Crippen molar-refractivity contribution in [2.75, 3.05) is 21.1 Å². The van der Waals surface area contributed by atoms with E-state index in [2.05, 4.69) is 15.9 Å². The second kappa shape index (κ2) is 4.79. The van der Waals surface area contributed by atoms with Crippen LogP contribution in [0, 0.1) is 0 Å². The summed E-state index contributed by atoms with van der Waals surface area (Å²) in [6.07, 6.45) is 0. The highest BCUT2D eigenvalue weighted by Crippen LogP contribution is 2.20. The largest absolute Gasteiger partial charge is 0.331 e. The minimum absolute atomic E-state index is 0.0227. The standard InChI is InChI=1S/C9H13BrN2OS/c1-11(2)9(13)12(3)5-8-4-7(10)6-14-8/h4,6H,5H2,1-3H3. The number of halogens is 1. The molecule has 0 aliphatic carbocycles. The lowest BCUT2D eigenvalue weighted by molar-refractivity contribution is 0.180. The molecule has 78 valence electrons. The van der Waals surface area contributed by atoms with Gasteiger partial charge in [0.05, 0.1) is 6.54 Å². The highest BCUT2D eigenvalue weighted by atomic mass is 79.9. The number of amides is 2. The van der Waals surface area contributed by atoms with Gasteiger partial charge in [0.2, 0.25) is 0 Å². The van der Waals surface area contributed by atoms with Crippen molar-refractivity contribution in [2.24, 2.45) is 0 Å². The van der Waals surface area contributed by atoms with Crippen molar-refractivity contribution in [3.63, 3.8) is 0 Å². The van der Waals surface area contributed by atoms with Gasteiger partial charge in [-0.15, -0.1) is 11.3 Å². The summed E-state index contributed by atoms with van der Waals surface area (Å²) in [5.41, 5.74) is 0. The summed E-state index contributed by atoms with van der Waals surface area (Å²) in [6, 6.07) is 2.05. The molecule has 0 radical (unpaired) electrons. The molecule has 0 aromatic carbocycles. The summed E-state index contributed by atoms with van der Waals surface area (Å²) in [5, 5.41) is 2.02. The summed E-state index contributed by atoms with van der Waals surface area (Å²) in [7, 11) is 5.31. The maximum Gasteiger partial charge on any atom is 0.319 e. The molecular formula is C9H13BrN2OS. The van der Waals surface area contributed by atoms with E-state index >= 15 is 0 Å². The Morgan fingerprint density at radius 3 is 2.57 bits per heavy atom. The van der Waals surface area contributed by atoms with Crippen LogP contribution in [0.1, 0.15) is 4.88 Å². The van der Waals surface area contributed by atoms with Crippen LogP contribution >= 0.6 is 27.3 Å². The molecular weight excluding hydrogens is 264 g/mol. The molecule has 1 heterocycles. The van der Waals surface area contributed by atoms with Gasteiger partial charge in [0, 0.05) is 35.9 Å². The molecule has 0 saturated carbocycles. The van der Waals surface area contributed by atoms with Crippen LogP contribution in [-0.4, -0.2) is 37.0 Å². The Kier molecular flexibility index (Phi) is 3.95. The Balaban J connectivity index is 2.57. The fraction of sp³-hybridized carbons (Fsp3) is 0.444. The van der Waals surface area contributed by atoms with E-state index in [9.17, 15) is 4.79 Å². The SMILES string of the molecule is CN(C)C(=O)N(C)Cc1cc(Br)cs1. The number of carbonyl (C=O) groups excluding carboxylic acids is 1. The Bertz CT molecular complexity index is 324. The number of rotatable bonds is 2. The summed E-state index contributed by atoms with van der Waals surface area (Å²) in [5.74, 6) is 0. The van der Waals surface area contributed by atoms with Crippen LogP contribution in [0.3, 0.4) is 0 Å². The third kappa shape index (κ3) is 2.99. The van der Waals surface area contributed by atoms with Crippen molar-refractivity contribution in [1.82, 2.24) is 9.80 Å². The van der Waals surface area contributed by atoms with Crippen molar-refractivity contribution in [3.05, 3.63) is 20.8 Å². The maximum atomic E-state index is 11.5. The van der Waals surface area contributed by atoms with E-state index < -0.39 is 0 Å². The van der Waals surface area contributed by atoms with Crippen LogP contribution < -0.4 is 0 Å². The van der Waals surface area contributed by atoms with Crippen LogP contribution in [0.15, 0.2) is 15.9 Å². The van der Waals surface area contributed by atoms with Gasteiger partial charge in [0.1, 0.15) is 0 Å². The Morgan fingerprint density at radius 2 is 2.14 bits per heavy atom. The van der Waals surface area contributed by atoms with Gasteiger partial charge in [-0.25, -0.2) is 4.79 Å². The number of hydrogen-bond acceptors (Lipinski definition) is 2. The quantitative estimate of drug-likeness (QED) is 0.815. The predicted octanol–water partition coefficient (Wildman–Crippen LogP) is 2.62. The molecule has 0 saturated heterocycles. The summed E-state index contributed by atoms with van der Waals surface area (Å²) in [6.45, 7) is 0.660. The smallest absolute Gasteiger partial charge is 0.319 e. The molecule has 0 bridgehead atoms. The van der Waals surface area contributed by atoms with Crippen LogP contribution in [-0.2, 0) is 6.54 Å². The van der Waals surface area contributed by atoms with Gasteiger partial charge in [0.15, 0.2) is 0 Å². The normalized spacial score (nSPS) is 10.0. The third-order valence-electron chi connectivity index (χ3n) is 1.72. The highest BCUT2D eigenvalue weighted by molar-refractivity contribution is 9.10. The van der Waals surface area contributed by atoms with Crippen molar-refractivity contribution in [2.45, 2.75) is 6.54 Å². The average molecular weight is 277 g/mol. The minimum atomic E-state index is 0.0227. The third-order valence-corrected chi connectivity index (χ3v) is 3.41. The monoisotopic (exact) mass is 276 g/mol. The van der Waals surface area contributed by atoms with E-state index in [1.54, 1.807) is 42.3 Å². The zero-order chi connectivity index (χ0) is 10.7. The van der Waals surface area contributed by atoms with Crippen molar-refractivity contribution in [3.8, 4) is 0 Å². The van der Waals surface area contributed by atoms with E-state index in [1.165, 1.54) is 4.88 Å². The zero-order valence-corrected chi connectivity index (χ0v) is 10.9. The van der Waals surface area contributed by atoms with E-state index in [4.69, 9.17) is 0 Å². The number of nitrogens with zero attached hydrogens (tertiary/aromatic N) is 2. The maximum absolute atomic E-state index is 11.5. The Morgan fingerprint density at radius 1 is 1.50 bits per heavy atom. The fourth-order valence-corrected chi connectivity index (χ4v) is 2.58. The van der Waals surface area contributed by atoms with Gasteiger partial charge in [-0.3, -0.25) is 0 Å². The zero-order valence-electron chi connectivity index (χ0n) is 8.45. The first kappa shape index (κ1) is 11.5. The Labute approximate surface area is 96.4 Å². The number of urea groups is 1. The van der Waals surface area contributed by atoms with E-state index in [-0.39, 0.29) is 6.03 Å². The summed E-state index contributed by atoms with van der Waals surface area (Å²) in [4.78, 5) is 15.9. The van der Waals surface area contributed by atoms with Crippen LogP contribution in [0.25, 0.3) is 0 Å². The van der Waals surface area contributed by atoms with Crippen molar-refractivity contribution in [1.29, 1.82) is 0 Å². The van der Waals surface area contributed by atoms with Crippen molar-refractivity contribution < 1.29 is 4.79 Å². The molecule has 0 unspecified atom stereocenters. The molecule has 0 aliphatic heterocycles. The molecule has 1 rings (SSSR count). The first-order valence-corrected chi connectivity index (χ1v) is 5.83. The van der Waals surface area contributed by atoms with Crippen molar-refractivity contribution >= 4 is 33.3 Å². The lowest BCUT2D eigenvalue weighted by atomic mass is 10.4. The first-order valence-electron chi connectivity index (χ1n) is 4.16. The van der Waals surface area contributed by atoms with Crippen LogP contribution in [0.4, 0.5) is 4.79 Å².